The van der Waals surface area contributed by atoms with E-state index in [1.54, 1.807) is 46.3 Å². The van der Waals surface area contributed by atoms with Crippen LogP contribution in [0.2, 0.25) is 0 Å². The summed E-state index contributed by atoms with van der Waals surface area (Å²) in [5.41, 5.74) is 0.750. The molecule has 1 aliphatic rings. The third-order valence-electron chi connectivity index (χ3n) is 8.89. The number of likely N-dealkylation sites (tertiary alicyclic amines) is 1. The number of ether oxygens (including phenoxy) is 4. The molecule has 276 valence electrons. The smallest absolute Gasteiger partial charge is 0.329 e. The van der Waals surface area contributed by atoms with E-state index >= 15 is 0 Å². The molecule has 3 rings (SSSR count). The van der Waals surface area contributed by atoms with Crippen molar-refractivity contribution < 1.29 is 46.5 Å². The first-order valence-corrected chi connectivity index (χ1v) is 18.7. The van der Waals surface area contributed by atoms with Crippen LogP contribution in [0, 0.1) is 5.41 Å². The van der Waals surface area contributed by atoms with E-state index in [2.05, 4.69) is 5.32 Å². The lowest BCUT2D eigenvalue weighted by Gasteiger charge is -2.36. The number of nitrogens with one attached hydrogen (secondary N) is 1. The molecule has 3 N–H and O–H groups in total. The zero-order valence-electron chi connectivity index (χ0n) is 29.7. The van der Waals surface area contributed by atoms with E-state index in [1.165, 1.54) is 4.90 Å². The highest BCUT2D eigenvalue weighted by molar-refractivity contribution is 7.89. The highest BCUT2D eigenvalue weighted by Gasteiger charge is 2.41. The van der Waals surface area contributed by atoms with Crippen LogP contribution >= 0.6 is 0 Å². The molecule has 0 saturated carbocycles. The molecular formula is C36H51N3O10S. The fourth-order valence-electron chi connectivity index (χ4n) is 5.53. The van der Waals surface area contributed by atoms with Crippen LogP contribution in [-0.4, -0.2) is 82.6 Å². The molecule has 0 aliphatic carbocycles. The number of carbonyl (C=O) groups is 4. The molecule has 2 amide bonds. The number of methoxy groups -OCH3 is 2. The van der Waals surface area contributed by atoms with Crippen LogP contribution in [-0.2, 0) is 40.4 Å². The van der Waals surface area contributed by atoms with Crippen LogP contribution in [0.4, 0.5) is 0 Å². The number of Topliss-reactive ketones (excluding diaryl/α,β-unsaturated/α-hetero) is 1. The van der Waals surface area contributed by atoms with Gasteiger partial charge in [-0.25, -0.2) is 18.4 Å². The standard InChI is InChI=1S/C36H51N3O10S/c1-6-36(2,3)33(41)34(42)39-20-8-7-13-28(39)35(43)49-29(17-15-25-16-18-30(46-4)31(23-25)47-5)26-11-9-12-27(24-26)48-21-19-38-32(40)14-10-22-50(37,44)45/h9,11-12,16,18,23-24,28-29H,6-8,10,13-15,17,19-22H2,1-5H3,(H,38,40)(H2,37,44,45)/t28-,29+/m0/s1. The van der Waals surface area contributed by atoms with Gasteiger partial charge in [0.2, 0.25) is 21.7 Å². The van der Waals surface area contributed by atoms with Gasteiger partial charge in [-0.3, -0.25) is 14.4 Å². The number of nitrogens with two attached hydrogens (primary N) is 1. The molecule has 1 heterocycles. The number of esters is 1. The first-order chi connectivity index (χ1) is 23.7. The van der Waals surface area contributed by atoms with Crippen molar-refractivity contribution in [2.45, 2.75) is 84.3 Å². The van der Waals surface area contributed by atoms with Crippen molar-refractivity contribution in [3.05, 3.63) is 53.6 Å². The van der Waals surface area contributed by atoms with Gasteiger partial charge >= 0.3 is 5.97 Å². The second kappa shape index (κ2) is 18.7. The highest BCUT2D eigenvalue weighted by atomic mass is 32.2. The van der Waals surface area contributed by atoms with Gasteiger partial charge in [0.15, 0.2) is 11.5 Å². The van der Waals surface area contributed by atoms with Crippen LogP contribution in [0.25, 0.3) is 0 Å². The molecule has 0 unspecified atom stereocenters. The van der Waals surface area contributed by atoms with Crippen molar-refractivity contribution in [2.24, 2.45) is 10.6 Å². The fourth-order valence-corrected chi connectivity index (χ4v) is 6.08. The maximum Gasteiger partial charge on any atom is 0.329 e. The predicted octanol–water partition coefficient (Wildman–Crippen LogP) is 3.87. The molecule has 2 aromatic carbocycles. The second-order valence-corrected chi connectivity index (χ2v) is 14.7. The Kier molecular flexibility index (Phi) is 15.1. The molecule has 1 aliphatic heterocycles. The molecule has 50 heavy (non-hydrogen) atoms. The SMILES string of the molecule is CCC(C)(C)C(=O)C(=O)N1CCCC[C@H]1C(=O)O[C@H](CCc1ccc(OC)c(OC)c1)c1cccc(OCCNC(=O)CCCS(N)(=O)=O)c1. The Balaban J connectivity index is 1.77. The topological polar surface area (TPSA) is 181 Å². The van der Waals surface area contributed by atoms with Gasteiger partial charge in [-0.1, -0.05) is 39.0 Å². The Hall–Kier alpha value is -4.17. The van der Waals surface area contributed by atoms with Crippen molar-refractivity contribution >= 4 is 33.6 Å². The molecule has 13 nitrogen and oxygen atoms in total. The number of rotatable bonds is 19. The van der Waals surface area contributed by atoms with Gasteiger partial charge in [-0.15, -0.1) is 0 Å². The summed E-state index contributed by atoms with van der Waals surface area (Å²) in [6.07, 6.45) is 2.61. The van der Waals surface area contributed by atoms with E-state index < -0.39 is 45.2 Å². The fraction of sp³-hybridized carbons (Fsp3) is 0.556. The Labute approximate surface area is 295 Å². The number of nitrogens with zero attached hydrogens (tertiary/aromatic N) is 1. The van der Waals surface area contributed by atoms with Crippen molar-refractivity contribution in [3.8, 4) is 17.2 Å². The van der Waals surface area contributed by atoms with Gasteiger partial charge in [-0.2, -0.15) is 0 Å². The number of hydrogen-bond donors (Lipinski definition) is 2. The summed E-state index contributed by atoms with van der Waals surface area (Å²) in [7, 11) is -0.511. The van der Waals surface area contributed by atoms with E-state index in [1.807, 2.05) is 31.2 Å². The van der Waals surface area contributed by atoms with Gasteiger partial charge in [0, 0.05) is 18.4 Å². The zero-order valence-corrected chi connectivity index (χ0v) is 30.5. The highest BCUT2D eigenvalue weighted by Crippen LogP contribution is 2.32. The number of piperidine rings is 1. The Bertz CT molecular complexity index is 1590. The van der Waals surface area contributed by atoms with Gasteiger partial charge in [-0.05, 0) is 80.3 Å². The monoisotopic (exact) mass is 717 g/mol. The molecule has 0 bridgehead atoms. The van der Waals surface area contributed by atoms with Crippen LogP contribution in [0.15, 0.2) is 42.5 Å². The maximum absolute atomic E-state index is 13.8. The molecule has 1 fully saturated rings. The van der Waals surface area contributed by atoms with E-state index in [0.29, 0.717) is 61.5 Å². The van der Waals surface area contributed by atoms with Crippen LogP contribution < -0.4 is 24.7 Å². The minimum absolute atomic E-state index is 0.0214. The van der Waals surface area contributed by atoms with E-state index in [9.17, 15) is 27.6 Å². The first kappa shape index (κ1) is 40.3. The largest absolute Gasteiger partial charge is 0.493 e. The molecule has 0 radical (unpaired) electrons. The summed E-state index contributed by atoms with van der Waals surface area (Å²) in [5.74, 6) is -0.696. The lowest BCUT2D eigenvalue weighted by atomic mass is 9.84. The lowest BCUT2D eigenvalue weighted by molar-refractivity contribution is -0.164. The number of aryl methyl sites for hydroxylation is 1. The summed E-state index contributed by atoms with van der Waals surface area (Å²) in [4.78, 5) is 53.7. The average molecular weight is 718 g/mol. The molecular weight excluding hydrogens is 666 g/mol. The second-order valence-electron chi connectivity index (χ2n) is 13.0. The molecule has 0 aromatic heterocycles. The van der Waals surface area contributed by atoms with Gasteiger partial charge < -0.3 is 29.2 Å². The molecule has 0 spiro atoms. The Morgan fingerprint density at radius 2 is 1.78 bits per heavy atom. The molecule has 2 atom stereocenters. The van der Waals surface area contributed by atoms with Crippen molar-refractivity contribution in [1.82, 2.24) is 10.2 Å². The van der Waals surface area contributed by atoms with Gasteiger partial charge in [0.05, 0.1) is 26.5 Å². The van der Waals surface area contributed by atoms with Crippen molar-refractivity contribution in [3.63, 3.8) is 0 Å². The number of carbonyl (C=O) groups excluding carboxylic acids is 4. The van der Waals surface area contributed by atoms with E-state index in [4.69, 9.17) is 24.1 Å². The van der Waals surface area contributed by atoms with Gasteiger partial charge in [0.25, 0.3) is 5.91 Å². The number of amides is 2. The van der Waals surface area contributed by atoms with Crippen LogP contribution in [0.3, 0.4) is 0 Å². The van der Waals surface area contributed by atoms with Gasteiger partial charge in [0.1, 0.15) is 24.5 Å². The van der Waals surface area contributed by atoms with E-state index in [0.717, 1.165) is 12.0 Å². The number of ketones is 1. The van der Waals surface area contributed by atoms with Crippen LogP contribution in [0.5, 0.6) is 17.2 Å². The predicted molar refractivity (Wildman–Crippen MR) is 187 cm³/mol. The Morgan fingerprint density at radius 3 is 2.46 bits per heavy atom. The average Bonchev–Trinajstić information content (AvgIpc) is 3.10. The number of sulfonamides is 1. The number of primary sulfonamides is 1. The third kappa shape index (κ3) is 12.0. The molecule has 2 aromatic rings. The third-order valence-corrected chi connectivity index (χ3v) is 9.74. The Morgan fingerprint density at radius 1 is 1.04 bits per heavy atom. The number of hydrogen-bond acceptors (Lipinski definition) is 10. The maximum atomic E-state index is 13.8. The summed E-state index contributed by atoms with van der Waals surface area (Å²) < 4.78 is 45.0. The molecule has 1 saturated heterocycles. The summed E-state index contributed by atoms with van der Waals surface area (Å²) in [6, 6.07) is 11.8. The molecule has 14 heteroatoms. The lowest BCUT2D eigenvalue weighted by Crippen LogP contribution is -2.53. The number of benzene rings is 2. The van der Waals surface area contributed by atoms with E-state index in [-0.39, 0.29) is 37.7 Å². The normalized spacial score (nSPS) is 15.5. The zero-order chi connectivity index (χ0) is 36.9. The summed E-state index contributed by atoms with van der Waals surface area (Å²) in [6.45, 7) is 5.94. The van der Waals surface area contributed by atoms with Crippen molar-refractivity contribution in [1.29, 1.82) is 0 Å². The summed E-state index contributed by atoms with van der Waals surface area (Å²) >= 11 is 0. The van der Waals surface area contributed by atoms with Crippen LogP contribution in [0.1, 0.15) is 82.9 Å². The van der Waals surface area contributed by atoms with Crippen molar-refractivity contribution in [2.75, 3.05) is 39.7 Å². The minimum atomic E-state index is -3.63. The quantitative estimate of drug-likeness (QED) is 0.123. The first-order valence-electron chi connectivity index (χ1n) is 17.0. The summed E-state index contributed by atoms with van der Waals surface area (Å²) in [5, 5.41) is 7.66. The minimum Gasteiger partial charge on any atom is -0.493 e.